The monoisotopic (exact) mass is 207 g/mol. The van der Waals surface area contributed by atoms with Crippen molar-refractivity contribution in [2.24, 2.45) is 11.8 Å². The summed E-state index contributed by atoms with van der Waals surface area (Å²) in [4.78, 5) is 0. The molecule has 2 fully saturated rings. The largest absolute Gasteiger partial charge is 0.310 e. The van der Waals surface area contributed by atoms with Crippen LogP contribution < -0.4 is 5.32 Å². The molecule has 2 aliphatic rings. The fourth-order valence-corrected chi connectivity index (χ4v) is 2.69. The molecule has 86 valence electrons. The third kappa shape index (κ3) is 3.98. The molecule has 1 heteroatoms. The molecule has 2 rings (SSSR count). The number of hydrogen-bond donors (Lipinski definition) is 1. The standard InChI is InChI=1S/C14H25N/c1-11-4-3-5-13(8-11)9-12(2)10-15-14-6-7-14/h9,11,13-15H,3-8,10H2,1-2H3/b12-9-. The summed E-state index contributed by atoms with van der Waals surface area (Å²) < 4.78 is 0. The predicted molar refractivity (Wildman–Crippen MR) is 65.9 cm³/mol. The van der Waals surface area contributed by atoms with E-state index in [9.17, 15) is 0 Å². The van der Waals surface area contributed by atoms with Crippen LogP contribution in [0, 0.1) is 11.8 Å². The zero-order valence-corrected chi connectivity index (χ0v) is 10.3. The van der Waals surface area contributed by atoms with Gasteiger partial charge in [-0.2, -0.15) is 0 Å². The molecule has 0 spiro atoms. The molecular weight excluding hydrogens is 182 g/mol. The fourth-order valence-electron chi connectivity index (χ4n) is 2.69. The van der Waals surface area contributed by atoms with Gasteiger partial charge in [-0.05, 0) is 44.4 Å². The summed E-state index contributed by atoms with van der Waals surface area (Å²) in [7, 11) is 0. The van der Waals surface area contributed by atoms with Crippen LogP contribution in [0.2, 0.25) is 0 Å². The Morgan fingerprint density at radius 3 is 2.73 bits per heavy atom. The van der Waals surface area contributed by atoms with Crippen LogP contribution >= 0.6 is 0 Å². The van der Waals surface area contributed by atoms with Gasteiger partial charge in [0.2, 0.25) is 0 Å². The van der Waals surface area contributed by atoms with Crippen LogP contribution in [-0.2, 0) is 0 Å². The summed E-state index contributed by atoms with van der Waals surface area (Å²) in [5.41, 5.74) is 1.56. The van der Waals surface area contributed by atoms with Crippen LogP contribution in [0.5, 0.6) is 0 Å². The first-order valence-electron chi connectivity index (χ1n) is 6.64. The molecule has 2 atom stereocenters. The van der Waals surface area contributed by atoms with Gasteiger partial charge in [0.05, 0.1) is 0 Å². The summed E-state index contributed by atoms with van der Waals surface area (Å²) in [6.07, 6.45) is 11.0. The summed E-state index contributed by atoms with van der Waals surface area (Å²) in [6, 6.07) is 0.846. The summed E-state index contributed by atoms with van der Waals surface area (Å²) in [5, 5.41) is 3.59. The van der Waals surface area contributed by atoms with E-state index in [-0.39, 0.29) is 0 Å². The van der Waals surface area contributed by atoms with Crippen molar-refractivity contribution in [2.75, 3.05) is 6.54 Å². The zero-order chi connectivity index (χ0) is 10.7. The minimum absolute atomic E-state index is 0.846. The molecule has 2 unspecified atom stereocenters. The second-order valence-electron chi connectivity index (χ2n) is 5.70. The lowest BCUT2D eigenvalue weighted by Gasteiger charge is -2.24. The fraction of sp³-hybridized carbons (Fsp3) is 0.857. The molecule has 2 saturated carbocycles. The molecule has 2 aliphatic carbocycles. The number of nitrogens with one attached hydrogen (secondary N) is 1. The SMILES string of the molecule is C/C(=C/C1CCCC(C)C1)CNC1CC1. The molecule has 0 radical (unpaired) electrons. The predicted octanol–water partition coefficient (Wildman–Crippen LogP) is 3.51. The maximum absolute atomic E-state index is 3.59. The highest BCUT2D eigenvalue weighted by Gasteiger charge is 2.20. The zero-order valence-electron chi connectivity index (χ0n) is 10.3. The first-order valence-corrected chi connectivity index (χ1v) is 6.64. The molecule has 0 bridgehead atoms. The van der Waals surface area contributed by atoms with E-state index in [1.165, 1.54) is 38.5 Å². The Morgan fingerprint density at radius 2 is 2.07 bits per heavy atom. The minimum atomic E-state index is 0.846. The van der Waals surface area contributed by atoms with Crippen LogP contribution in [0.25, 0.3) is 0 Å². The Bertz CT molecular complexity index is 227. The first kappa shape index (κ1) is 11.2. The molecule has 0 aromatic heterocycles. The van der Waals surface area contributed by atoms with Crippen LogP contribution in [-0.4, -0.2) is 12.6 Å². The highest BCUT2D eigenvalue weighted by Crippen LogP contribution is 2.30. The van der Waals surface area contributed by atoms with Crippen molar-refractivity contribution in [2.45, 2.75) is 58.4 Å². The van der Waals surface area contributed by atoms with Gasteiger partial charge in [0.25, 0.3) is 0 Å². The Hall–Kier alpha value is -0.300. The topological polar surface area (TPSA) is 12.0 Å². The van der Waals surface area contributed by atoms with Gasteiger partial charge in [0.1, 0.15) is 0 Å². The number of allylic oxidation sites excluding steroid dienone is 1. The van der Waals surface area contributed by atoms with Gasteiger partial charge in [0.15, 0.2) is 0 Å². The highest BCUT2D eigenvalue weighted by molar-refractivity contribution is 5.05. The molecule has 1 N–H and O–H groups in total. The third-order valence-corrected chi connectivity index (χ3v) is 3.74. The molecular formula is C14H25N. The molecule has 0 aliphatic heterocycles. The van der Waals surface area contributed by atoms with E-state index in [2.05, 4.69) is 25.2 Å². The Balaban J connectivity index is 1.73. The summed E-state index contributed by atoms with van der Waals surface area (Å²) >= 11 is 0. The van der Waals surface area contributed by atoms with Crippen LogP contribution in [0.4, 0.5) is 0 Å². The normalized spacial score (nSPS) is 33.1. The lowest BCUT2D eigenvalue weighted by molar-refractivity contribution is 0.324. The third-order valence-electron chi connectivity index (χ3n) is 3.74. The van der Waals surface area contributed by atoms with Gasteiger partial charge in [-0.3, -0.25) is 0 Å². The van der Waals surface area contributed by atoms with Gasteiger partial charge in [-0.25, -0.2) is 0 Å². The Morgan fingerprint density at radius 1 is 1.27 bits per heavy atom. The molecule has 15 heavy (non-hydrogen) atoms. The van der Waals surface area contributed by atoms with Gasteiger partial charge in [0, 0.05) is 12.6 Å². The van der Waals surface area contributed by atoms with Gasteiger partial charge in [-0.15, -0.1) is 0 Å². The molecule has 0 saturated heterocycles. The Labute approximate surface area is 94.3 Å². The summed E-state index contributed by atoms with van der Waals surface area (Å²) in [5.74, 6) is 1.82. The lowest BCUT2D eigenvalue weighted by atomic mass is 9.82. The van der Waals surface area contributed by atoms with E-state index in [1.807, 2.05) is 0 Å². The van der Waals surface area contributed by atoms with E-state index in [0.29, 0.717) is 0 Å². The van der Waals surface area contributed by atoms with E-state index >= 15 is 0 Å². The van der Waals surface area contributed by atoms with Crippen molar-refractivity contribution in [3.63, 3.8) is 0 Å². The summed E-state index contributed by atoms with van der Waals surface area (Å²) in [6.45, 7) is 5.81. The van der Waals surface area contributed by atoms with E-state index < -0.39 is 0 Å². The lowest BCUT2D eigenvalue weighted by Crippen LogP contribution is -2.19. The van der Waals surface area contributed by atoms with Crippen molar-refractivity contribution >= 4 is 0 Å². The Kier molecular flexibility index (Phi) is 3.85. The molecule has 0 aromatic carbocycles. The van der Waals surface area contributed by atoms with Crippen molar-refractivity contribution in [3.8, 4) is 0 Å². The van der Waals surface area contributed by atoms with Crippen molar-refractivity contribution in [1.82, 2.24) is 5.32 Å². The number of hydrogen-bond acceptors (Lipinski definition) is 1. The van der Waals surface area contributed by atoms with E-state index in [4.69, 9.17) is 0 Å². The van der Waals surface area contributed by atoms with Crippen molar-refractivity contribution in [1.29, 1.82) is 0 Å². The second-order valence-corrected chi connectivity index (χ2v) is 5.70. The van der Waals surface area contributed by atoms with Crippen LogP contribution in [0.15, 0.2) is 11.6 Å². The van der Waals surface area contributed by atoms with Gasteiger partial charge in [-0.1, -0.05) is 31.4 Å². The maximum Gasteiger partial charge on any atom is 0.0164 e. The van der Waals surface area contributed by atoms with Gasteiger partial charge >= 0.3 is 0 Å². The molecule has 0 heterocycles. The molecule has 1 nitrogen and oxygen atoms in total. The average molecular weight is 207 g/mol. The quantitative estimate of drug-likeness (QED) is 0.696. The smallest absolute Gasteiger partial charge is 0.0164 e. The van der Waals surface area contributed by atoms with E-state index in [0.717, 1.165) is 24.4 Å². The number of rotatable bonds is 4. The van der Waals surface area contributed by atoms with Crippen LogP contribution in [0.1, 0.15) is 52.4 Å². The molecule has 0 aromatic rings. The maximum atomic E-state index is 3.59. The average Bonchev–Trinajstić information content (AvgIpc) is 2.98. The van der Waals surface area contributed by atoms with Gasteiger partial charge < -0.3 is 5.32 Å². The molecule has 0 amide bonds. The minimum Gasteiger partial charge on any atom is -0.310 e. The van der Waals surface area contributed by atoms with Crippen molar-refractivity contribution < 1.29 is 0 Å². The van der Waals surface area contributed by atoms with Crippen LogP contribution in [0.3, 0.4) is 0 Å². The first-order chi connectivity index (χ1) is 7.24. The van der Waals surface area contributed by atoms with Crippen molar-refractivity contribution in [3.05, 3.63) is 11.6 Å². The highest BCUT2D eigenvalue weighted by atomic mass is 14.9. The van der Waals surface area contributed by atoms with E-state index in [1.54, 1.807) is 5.57 Å². The second kappa shape index (κ2) is 5.16.